The van der Waals surface area contributed by atoms with E-state index in [2.05, 4.69) is 5.32 Å². The third-order valence-corrected chi connectivity index (χ3v) is 4.76. The lowest BCUT2D eigenvalue weighted by Gasteiger charge is -2.47. The molecule has 1 aliphatic carbocycles. The molecule has 5 heteroatoms. The molecule has 0 aromatic carbocycles. The Labute approximate surface area is 120 Å². The molecule has 2 fully saturated rings. The summed E-state index contributed by atoms with van der Waals surface area (Å²) >= 11 is 0. The number of aliphatic carboxylic acids is 1. The molecule has 2 rings (SSSR count). The van der Waals surface area contributed by atoms with Gasteiger partial charge >= 0.3 is 5.97 Å². The Morgan fingerprint density at radius 3 is 2.65 bits per heavy atom. The van der Waals surface area contributed by atoms with Crippen LogP contribution in [0.3, 0.4) is 0 Å². The molecule has 0 radical (unpaired) electrons. The summed E-state index contributed by atoms with van der Waals surface area (Å²) in [6.45, 7) is 0.797. The van der Waals surface area contributed by atoms with Gasteiger partial charge in [0.2, 0.25) is 5.91 Å². The lowest BCUT2D eigenvalue weighted by molar-refractivity contribution is -0.158. The Bertz CT molecular complexity index is 359. The van der Waals surface area contributed by atoms with Crippen molar-refractivity contribution in [1.29, 1.82) is 0 Å². The van der Waals surface area contributed by atoms with Gasteiger partial charge in [-0.15, -0.1) is 0 Å². The predicted molar refractivity (Wildman–Crippen MR) is 76.4 cm³/mol. The highest BCUT2D eigenvalue weighted by Crippen LogP contribution is 2.38. The van der Waals surface area contributed by atoms with Crippen LogP contribution in [-0.2, 0) is 9.59 Å². The van der Waals surface area contributed by atoms with Gasteiger partial charge in [-0.3, -0.25) is 4.79 Å². The van der Waals surface area contributed by atoms with Gasteiger partial charge in [0.15, 0.2) is 0 Å². The van der Waals surface area contributed by atoms with Crippen LogP contribution in [0.15, 0.2) is 0 Å². The number of carbonyl (C=O) groups excluding carboxylic acids is 1. The van der Waals surface area contributed by atoms with Crippen LogP contribution >= 0.6 is 0 Å². The first-order valence-corrected chi connectivity index (χ1v) is 7.83. The van der Waals surface area contributed by atoms with Crippen molar-refractivity contribution in [3.05, 3.63) is 0 Å². The zero-order valence-electron chi connectivity index (χ0n) is 12.3. The molecule has 3 atom stereocenters. The lowest BCUT2D eigenvalue weighted by Crippen LogP contribution is -2.57. The van der Waals surface area contributed by atoms with Crippen molar-refractivity contribution in [2.75, 3.05) is 13.6 Å². The minimum atomic E-state index is -0.837. The summed E-state index contributed by atoms with van der Waals surface area (Å²) in [5.41, 5.74) is 0. The van der Waals surface area contributed by atoms with Crippen molar-refractivity contribution in [2.24, 2.45) is 5.92 Å². The number of piperidine rings is 1. The molecule has 0 aromatic heterocycles. The average Bonchev–Trinajstić information content (AvgIpc) is 2.46. The molecular weight excluding hydrogens is 256 g/mol. The number of rotatable bonds is 5. The van der Waals surface area contributed by atoms with Gasteiger partial charge in [-0.25, -0.2) is 4.79 Å². The highest BCUT2D eigenvalue weighted by atomic mass is 16.4. The third-order valence-electron chi connectivity index (χ3n) is 4.76. The van der Waals surface area contributed by atoms with Gasteiger partial charge in [0.25, 0.3) is 0 Å². The minimum absolute atomic E-state index is 0.0317. The first kappa shape index (κ1) is 15.3. The fourth-order valence-electron chi connectivity index (χ4n) is 3.78. The van der Waals surface area contributed by atoms with E-state index >= 15 is 0 Å². The Morgan fingerprint density at radius 1 is 1.20 bits per heavy atom. The van der Waals surface area contributed by atoms with Crippen LogP contribution in [-0.4, -0.2) is 47.6 Å². The van der Waals surface area contributed by atoms with Crippen LogP contribution in [0.5, 0.6) is 0 Å². The van der Waals surface area contributed by atoms with Crippen molar-refractivity contribution >= 4 is 11.9 Å². The summed E-state index contributed by atoms with van der Waals surface area (Å²) in [5, 5.41) is 12.4. The highest BCUT2D eigenvalue weighted by molar-refractivity contribution is 5.84. The molecule has 5 nitrogen and oxygen atoms in total. The Kier molecular flexibility index (Phi) is 5.40. The van der Waals surface area contributed by atoms with Gasteiger partial charge in [0.05, 0.1) is 0 Å². The van der Waals surface area contributed by atoms with Crippen molar-refractivity contribution < 1.29 is 14.7 Å². The number of nitrogens with zero attached hydrogens (tertiary/aromatic N) is 1. The zero-order chi connectivity index (χ0) is 14.5. The van der Waals surface area contributed by atoms with Crippen LogP contribution in [0.4, 0.5) is 0 Å². The van der Waals surface area contributed by atoms with E-state index in [1.807, 2.05) is 7.05 Å². The molecule has 0 aromatic rings. The van der Waals surface area contributed by atoms with Gasteiger partial charge in [-0.1, -0.05) is 12.8 Å². The molecule has 2 N–H and O–H groups in total. The van der Waals surface area contributed by atoms with Gasteiger partial charge in [-0.2, -0.15) is 0 Å². The van der Waals surface area contributed by atoms with Crippen molar-refractivity contribution in [2.45, 2.75) is 63.5 Å². The molecule has 0 spiro atoms. The van der Waals surface area contributed by atoms with E-state index in [0.29, 0.717) is 18.8 Å². The minimum Gasteiger partial charge on any atom is -0.480 e. The topological polar surface area (TPSA) is 69.6 Å². The van der Waals surface area contributed by atoms with Crippen LogP contribution in [0.2, 0.25) is 0 Å². The first-order chi connectivity index (χ1) is 9.65. The molecule has 3 unspecified atom stereocenters. The Balaban J connectivity index is 2.08. The Morgan fingerprint density at radius 2 is 1.95 bits per heavy atom. The van der Waals surface area contributed by atoms with E-state index in [9.17, 15) is 14.7 Å². The quantitative estimate of drug-likeness (QED) is 0.752. The van der Waals surface area contributed by atoms with Gasteiger partial charge < -0.3 is 15.3 Å². The average molecular weight is 282 g/mol. The number of nitrogens with one attached hydrogen (secondary N) is 1. The number of hydrogen-bond acceptors (Lipinski definition) is 3. The molecule has 114 valence electrons. The Hall–Kier alpha value is -1.10. The van der Waals surface area contributed by atoms with Crippen LogP contribution in [0.25, 0.3) is 0 Å². The highest BCUT2D eigenvalue weighted by Gasteiger charge is 2.43. The fourth-order valence-corrected chi connectivity index (χ4v) is 3.78. The maximum atomic E-state index is 12.5. The van der Waals surface area contributed by atoms with E-state index in [1.54, 1.807) is 4.90 Å². The van der Waals surface area contributed by atoms with Gasteiger partial charge in [0.1, 0.15) is 6.04 Å². The monoisotopic (exact) mass is 282 g/mol. The maximum absolute atomic E-state index is 12.5. The smallest absolute Gasteiger partial charge is 0.326 e. The second kappa shape index (κ2) is 7.07. The van der Waals surface area contributed by atoms with Crippen LogP contribution < -0.4 is 5.32 Å². The number of amides is 1. The standard InChI is InChI=1S/C15H26N2O3/c1-16-10-4-7-14(18)17-12-6-3-2-5-11(12)8-9-13(17)15(19)20/h11-13,16H,2-10H2,1H3,(H,19,20). The predicted octanol–water partition coefficient (Wildman–Crippen LogP) is 1.62. The summed E-state index contributed by atoms with van der Waals surface area (Å²) in [4.78, 5) is 25.7. The molecule has 1 aliphatic heterocycles. The van der Waals surface area contributed by atoms with E-state index in [4.69, 9.17) is 0 Å². The molecule has 2 aliphatic rings. The second-order valence-electron chi connectivity index (χ2n) is 6.05. The fraction of sp³-hybridized carbons (Fsp3) is 0.867. The summed E-state index contributed by atoms with van der Waals surface area (Å²) in [7, 11) is 1.86. The molecule has 1 saturated carbocycles. The lowest BCUT2D eigenvalue weighted by atomic mass is 9.76. The van der Waals surface area contributed by atoms with Gasteiger partial charge in [0, 0.05) is 12.5 Å². The molecule has 20 heavy (non-hydrogen) atoms. The number of carboxylic acids is 1. The van der Waals surface area contributed by atoms with Crippen molar-refractivity contribution in [3.8, 4) is 0 Å². The summed E-state index contributed by atoms with van der Waals surface area (Å²) in [6.07, 6.45) is 7.28. The normalized spacial score (nSPS) is 29.9. The summed E-state index contributed by atoms with van der Waals surface area (Å²) in [5.74, 6) is -0.284. The van der Waals surface area contributed by atoms with Crippen LogP contribution in [0, 0.1) is 5.92 Å². The molecular formula is C15H26N2O3. The van der Waals surface area contributed by atoms with Crippen LogP contribution in [0.1, 0.15) is 51.4 Å². The SMILES string of the molecule is CNCCCC(=O)N1C(C(=O)O)CCC2CCCCC21. The maximum Gasteiger partial charge on any atom is 0.326 e. The number of carboxylic acid groups (broad SMARTS) is 1. The third kappa shape index (κ3) is 3.32. The van der Waals surface area contributed by atoms with E-state index in [0.717, 1.165) is 38.6 Å². The molecule has 0 bridgehead atoms. The van der Waals surface area contributed by atoms with Crippen molar-refractivity contribution in [1.82, 2.24) is 10.2 Å². The van der Waals surface area contributed by atoms with E-state index in [-0.39, 0.29) is 11.9 Å². The van der Waals surface area contributed by atoms with E-state index < -0.39 is 12.0 Å². The molecule has 1 saturated heterocycles. The molecule has 1 heterocycles. The van der Waals surface area contributed by atoms with E-state index in [1.165, 1.54) is 6.42 Å². The zero-order valence-corrected chi connectivity index (χ0v) is 12.3. The number of hydrogen-bond donors (Lipinski definition) is 2. The number of fused-ring (bicyclic) bond motifs is 1. The second-order valence-corrected chi connectivity index (χ2v) is 6.05. The molecule has 1 amide bonds. The number of carbonyl (C=O) groups is 2. The first-order valence-electron chi connectivity index (χ1n) is 7.83. The largest absolute Gasteiger partial charge is 0.480 e. The van der Waals surface area contributed by atoms with Crippen molar-refractivity contribution in [3.63, 3.8) is 0 Å². The summed E-state index contributed by atoms with van der Waals surface area (Å²) < 4.78 is 0. The van der Waals surface area contributed by atoms with Gasteiger partial charge in [-0.05, 0) is 51.6 Å². The summed E-state index contributed by atoms with van der Waals surface area (Å²) in [6, 6.07) is -0.433. The number of likely N-dealkylation sites (tertiary alicyclic amines) is 1.